The van der Waals surface area contributed by atoms with Gasteiger partial charge in [-0.2, -0.15) is 5.10 Å². The number of furan rings is 1. The predicted molar refractivity (Wildman–Crippen MR) is 111 cm³/mol. The second kappa shape index (κ2) is 8.24. The largest absolute Gasteiger partial charge is 0.463 e. The van der Waals surface area contributed by atoms with Crippen LogP contribution < -0.4 is 11.0 Å². The number of H-pyrrole nitrogens is 1. The lowest BCUT2D eigenvalue weighted by atomic mass is 10.1. The Kier molecular flexibility index (Phi) is 5.36. The first-order valence-corrected chi connectivity index (χ1v) is 10.1. The average molecular weight is 410 g/mol. The predicted octanol–water partition coefficient (Wildman–Crippen LogP) is 3.49. The first-order chi connectivity index (χ1) is 13.7. The van der Waals surface area contributed by atoms with Crippen molar-refractivity contribution in [3.05, 3.63) is 70.2 Å². The van der Waals surface area contributed by atoms with Gasteiger partial charge in [0, 0.05) is 10.9 Å². The second-order valence-corrected chi connectivity index (χ2v) is 7.49. The highest BCUT2D eigenvalue weighted by Crippen LogP contribution is 2.31. The van der Waals surface area contributed by atoms with Crippen LogP contribution in [0.5, 0.6) is 0 Å². The number of nitrogens with one attached hydrogen (secondary N) is 2. The third kappa shape index (κ3) is 4.05. The van der Waals surface area contributed by atoms with Crippen LogP contribution in [0.25, 0.3) is 21.3 Å². The monoisotopic (exact) mass is 410 g/mol. The first kappa shape index (κ1) is 18.2. The molecule has 0 radical (unpaired) electrons. The van der Waals surface area contributed by atoms with Crippen molar-refractivity contribution in [2.24, 2.45) is 5.10 Å². The molecule has 1 amide bonds. The summed E-state index contributed by atoms with van der Waals surface area (Å²) in [6, 6.07) is 13.1. The van der Waals surface area contributed by atoms with Crippen molar-refractivity contribution in [2.45, 2.75) is 5.16 Å². The third-order valence-corrected chi connectivity index (χ3v) is 5.52. The van der Waals surface area contributed by atoms with Gasteiger partial charge in [0.1, 0.15) is 10.6 Å². The summed E-state index contributed by atoms with van der Waals surface area (Å²) in [5, 5.41) is 6.69. The van der Waals surface area contributed by atoms with Crippen LogP contribution in [-0.2, 0) is 4.79 Å². The number of carbonyl (C=O) groups is 1. The molecule has 0 bridgehead atoms. The van der Waals surface area contributed by atoms with Crippen LogP contribution in [0, 0.1) is 0 Å². The lowest BCUT2D eigenvalue weighted by Crippen LogP contribution is -2.20. The van der Waals surface area contributed by atoms with Gasteiger partial charge in [0.15, 0.2) is 5.16 Å². The number of thiophene rings is 1. The van der Waals surface area contributed by atoms with Crippen molar-refractivity contribution in [2.75, 3.05) is 5.75 Å². The van der Waals surface area contributed by atoms with E-state index < -0.39 is 0 Å². The fraction of sp³-hybridized carbons (Fsp3) is 0.0526. The third-order valence-electron chi connectivity index (χ3n) is 3.77. The summed E-state index contributed by atoms with van der Waals surface area (Å²) < 4.78 is 5.08. The van der Waals surface area contributed by atoms with E-state index in [1.807, 2.05) is 35.7 Å². The number of aromatic amines is 1. The van der Waals surface area contributed by atoms with Gasteiger partial charge in [0.05, 0.1) is 23.6 Å². The Balaban J connectivity index is 1.45. The minimum Gasteiger partial charge on any atom is -0.463 e. The highest BCUT2D eigenvalue weighted by atomic mass is 32.2. The smallest absolute Gasteiger partial charge is 0.260 e. The van der Waals surface area contributed by atoms with Crippen LogP contribution in [0.3, 0.4) is 0 Å². The number of fused-ring (bicyclic) bond motifs is 1. The zero-order chi connectivity index (χ0) is 19.3. The minimum absolute atomic E-state index is 0.0703. The van der Waals surface area contributed by atoms with E-state index in [2.05, 4.69) is 20.5 Å². The molecule has 0 saturated heterocycles. The molecule has 1 aromatic carbocycles. The Morgan fingerprint density at radius 2 is 2.14 bits per heavy atom. The van der Waals surface area contributed by atoms with Crippen LogP contribution in [0.2, 0.25) is 0 Å². The number of benzene rings is 1. The Hall–Kier alpha value is -3.17. The number of hydrogen-bond donors (Lipinski definition) is 2. The van der Waals surface area contributed by atoms with E-state index in [0.29, 0.717) is 21.1 Å². The van der Waals surface area contributed by atoms with Crippen molar-refractivity contribution < 1.29 is 9.21 Å². The molecule has 0 saturated carbocycles. The van der Waals surface area contributed by atoms with E-state index in [4.69, 9.17) is 4.42 Å². The number of aromatic nitrogens is 2. The van der Waals surface area contributed by atoms with Crippen LogP contribution >= 0.6 is 23.1 Å². The molecule has 0 unspecified atom stereocenters. The summed E-state index contributed by atoms with van der Waals surface area (Å²) in [5.41, 5.74) is 4.01. The molecule has 3 heterocycles. The van der Waals surface area contributed by atoms with Crippen LogP contribution in [0.15, 0.2) is 73.6 Å². The highest BCUT2D eigenvalue weighted by molar-refractivity contribution is 7.99. The Bertz CT molecular complexity index is 1180. The van der Waals surface area contributed by atoms with Gasteiger partial charge in [-0.1, -0.05) is 42.1 Å². The Morgan fingerprint density at radius 1 is 1.29 bits per heavy atom. The molecule has 7 nitrogen and oxygen atoms in total. The van der Waals surface area contributed by atoms with Gasteiger partial charge in [-0.05, 0) is 17.7 Å². The van der Waals surface area contributed by atoms with Crippen molar-refractivity contribution >= 4 is 45.4 Å². The maximum absolute atomic E-state index is 12.6. The molecule has 4 aromatic rings. The fourth-order valence-electron chi connectivity index (χ4n) is 2.53. The number of carbonyl (C=O) groups excluding carboxylic acids is 1. The standard InChI is InChI=1S/C19H14N4O3S2/c24-15(23-20-9-13-7-4-8-26-13)11-28-19-21-17(25)16-14(10-27-18(16)22-19)12-5-2-1-3-6-12/h1-10H,11H2,(H,23,24)(H,21,22,25)/b20-9+. The summed E-state index contributed by atoms with van der Waals surface area (Å²) in [7, 11) is 0. The van der Waals surface area contributed by atoms with Crippen LogP contribution in [0.1, 0.15) is 5.76 Å². The van der Waals surface area contributed by atoms with E-state index in [1.54, 1.807) is 12.1 Å². The highest BCUT2D eigenvalue weighted by Gasteiger charge is 2.13. The number of hydrogen-bond acceptors (Lipinski definition) is 7. The molecular weight excluding hydrogens is 396 g/mol. The Labute approximate surface area is 167 Å². The molecule has 0 spiro atoms. The molecule has 0 aliphatic heterocycles. The summed E-state index contributed by atoms with van der Waals surface area (Å²) in [4.78, 5) is 32.3. The van der Waals surface area contributed by atoms with E-state index >= 15 is 0 Å². The van der Waals surface area contributed by atoms with E-state index in [0.717, 1.165) is 22.9 Å². The van der Waals surface area contributed by atoms with Crippen molar-refractivity contribution in [3.63, 3.8) is 0 Å². The fourth-order valence-corrected chi connectivity index (χ4v) is 4.19. The van der Waals surface area contributed by atoms with Crippen molar-refractivity contribution in [1.82, 2.24) is 15.4 Å². The quantitative estimate of drug-likeness (QED) is 0.219. The lowest BCUT2D eigenvalue weighted by molar-refractivity contribution is -0.118. The molecule has 3 aromatic heterocycles. The zero-order valence-electron chi connectivity index (χ0n) is 14.4. The first-order valence-electron chi connectivity index (χ1n) is 8.26. The molecule has 4 rings (SSSR count). The maximum Gasteiger partial charge on any atom is 0.260 e. The summed E-state index contributed by atoms with van der Waals surface area (Å²) >= 11 is 2.55. The van der Waals surface area contributed by atoms with Gasteiger partial charge in [0.2, 0.25) is 0 Å². The van der Waals surface area contributed by atoms with E-state index in [9.17, 15) is 9.59 Å². The molecule has 0 aliphatic rings. The van der Waals surface area contributed by atoms with E-state index in [-0.39, 0.29) is 17.2 Å². The van der Waals surface area contributed by atoms with E-state index in [1.165, 1.54) is 23.8 Å². The number of hydrazone groups is 1. The van der Waals surface area contributed by atoms with Gasteiger partial charge in [0.25, 0.3) is 11.5 Å². The summed E-state index contributed by atoms with van der Waals surface area (Å²) in [6.07, 6.45) is 2.93. The number of nitrogens with zero attached hydrogens (tertiary/aromatic N) is 2. The van der Waals surface area contributed by atoms with Crippen LogP contribution in [0.4, 0.5) is 0 Å². The lowest BCUT2D eigenvalue weighted by Gasteiger charge is -2.02. The second-order valence-electron chi connectivity index (χ2n) is 5.66. The van der Waals surface area contributed by atoms with Crippen LogP contribution in [-0.4, -0.2) is 27.8 Å². The van der Waals surface area contributed by atoms with Crippen molar-refractivity contribution in [3.8, 4) is 11.1 Å². The molecule has 28 heavy (non-hydrogen) atoms. The Morgan fingerprint density at radius 3 is 2.93 bits per heavy atom. The van der Waals surface area contributed by atoms with Gasteiger partial charge < -0.3 is 9.40 Å². The summed E-state index contributed by atoms with van der Waals surface area (Å²) in [5.74, 6) is 0.295. The molecule has 0 atom stereocenters. The molecule has 0 aliphatic carbocycles. The zero-order valence-corrected chi connectivity index (χ0v) is 16.0. The van der Waals surface area contributed by atoms with Gasteiger partial charge in [-0.3, -0.25) is 9.59 Å². The van der Waals surface area contributed by atoms with Gasteiger partial charge >= 0.3 is 0 Å². The number of rotatable bonds is 6. The SMILES string of the molecule is O=C(CSc1nc2scc(-c3ccccc3)c2c(=O)[nH]1)N/N=C/c1ccco1. The molecule has 9 heteroatoms. The molecule has 2 N–H and O–H groups in total. The number of amides is 1. The molecular formula is C19H14N4O3S2. The normalized spacial score (nSPS) is 11.3. The maximum atomic E-state index is 12.6. The van der Waals surface area contributed by atoms with Gasteiger partial charge in [-0.25, -0.2) is 10.4 Å². The summed E-state index contributed by atoms with van der Waals surface area (Å²) in [6.45, 7) is 0. The average Bonchev–Trinajstić information content (AvgIpc) is 3.37. The minimum atomic E-state index is -0.313. The van der Waals surface area contributed by atoms with Crippen molar-refractivity contribution in [1.29, 1.82) is 0 Å². The number of thioether (sulfide) groups is 1. The molecule has 0 fully saturated rings. The van der Waals surface area contributed by atoms with Gasteiger partial charge in [-0.15, -0.1) is 11.3 Å². The molecule has 140 valence electrons. The topological polar surface area (TPSA) is 100 Å².